The van der Waals surface area contributed by atoms with Crippen LogP contribution >= 0.6 is 11.8 Å². The lowest BCUT2D eigenvalue weighted by atomic mass is 10.2. The van der Waals surface area contributed by atoms with Crippen molar-refractivity contribution in [3.05, 3.63) is 0 Å². The molecular weight excluding hydrogens is 306 g/mol. The first-order chi connectivity index (χ1) is 10.4. The summed E-state index contributed by atoms with van der Waals surface area (Å²) >= 11 is 1.79. The lowest BCUT2D eigenvalue weighted by Gasteiger charge is -2.23. The molecule has 0 spiro atoms. The molecule has 0 aliphatic heterocycles. The van der Waals surface area contributed by atoms with Crippen LogP contribution in [-0.2, 0) is 9.53 Å². The molecule has 0 aliphatic carbocycles. The van der Waals surface area contributed by atoms with Crippen molar-refractivity contribution >= 4 is 17.7 Å². The highest BCUT2D eigenvalue weighted by Gasteiger charge is 2.20. The highest BCUT2D eigenvalue weighted by Crippen LogP contribution is 2.26. The zero-order valence-electron chi connectivity index (χ0n) is 14.3. The highest BCUT2D eigenvalue weighted by atomic mass is 32.2. The van der Waals surface area contributed by atoms with Crippen LogP contribution in [-0.4, -0.2) is 29.5 Å². The second-order valence-electron chi connectivity index (χ2n) is 6.32. The first kappa shape index (κ1) is 21.7. The van der Waals surface area contributed by atoms with Crippen LogP contribution in [0.1, 0.15) is 78.6 Å². The molecule has 0 saturated heterocycles. The maximum absolute atomic E-state index is 12.0. The Morgan fingerprint density at radius 1 is 1.09 bits per heavy atom. The van der Waals surface area contributed by atoms with Gasteiger partial charge in [0.1, 0.15) is 6.61 Å². The summed E-state index contributed by atoms with van der Waals surface area (Å²) in [5.74, 6) is 0.879. The number of carbonyl (C=O) groups excluding carboxylic acids is 1. The van der Waals surface area contributed by atoms with E-state index in [4.69, 9.17) is 4.74 Å². The van der Waals surface area contributed by atoms with Crippen molar-refractivity contribution in [2.24, 2.45) is 0 Å². The van der Waals surface area contributed by atoms with Gasteiger partial charge < -0.3 is 4.74 Å². The second kappa shape index (κ2) is 13.1. The Kier molecular flexibility index (Phi) is 13.0. The van der Waals surface area contributed by atoms with Crippen molar-refractivity contribution in [3.63, 3.8) is 0 Å². The van der Waals surface area contributed by atoms with Gasteiger partial charge in [-0.25, -0.2) is 8.78 Å². The van der Waals surface area contributed by atoms with Gasteiger partial charge in [0.15, 0.2) is 0 Å². The number of esters is 1. The molecule has 0 aromatic rings. The lowest BCUT2D eigenvalue weighted by molar-refractivity contribution is -0.144. The summed E-state index contributed by atoms with van der Waals surface area (Å²) in [6, 6.07) is 0. The van der Waals surface area contributed by atoms with Gasteiger partial charge in [-0.1, -0.05) is 32.6 Å². The Morgan fingerprint density at radius 3 is 2.41 bits per heavy atom. The van der Waals surface area contributed by atoms with E-state index in [1.165, 1.54) is 0 Å². The van der Waals surface area contributed by atoms with Crippen molar-refractivity contribution in [2.45, 2.75) is 89.7 Å². The SMILES string of the molecule is CCCCCC(=O)OCC(C)(C)SCCCCCCC(F)F. The molecule has 132 valence electrons. The number of alkyl halides is 2. The largest absolute Gasteiger partial charge is 0.464 e. The van der Waals surface area contributed by atoms with E-state index < -0.39 is 6.43 Å². The lowest BCUT2D eigenvalue weighted by Crippen LogP contribution is -2.25. The zero-order valence-corrected chi connectivity index (χ0v) is 15.2. The number of halogens is 2. The number of ether oxygens (including phenoxy) is 1. The molecular formula is C17H32F2O2S. The highest BCUT2D eigenvalue weighted by molar-refractivity contribution is 8.00. The summed E-state index contributed by atoms with van der Waals surface area (Å²) in [4.78, 5) is 11.6. The van der Waals surface area contributed by atoms with E-state index >= 15 is 0 Å². The molecule has 0 unspecified atom stereocenters. The molecule has 22 heavy (non-hydrogen) atoms. The van der Waals surface area contributed by atoms with Gasteiger partial charge >= 0.3 is 5.97 Å². The van der Waals surface area contributed by atoms with Crippen LogP contribution in [0.25, 0.3) is 0 Å². The van der Waals surface area contributed by atoms with Crippen LogP contribution in [0.3, 0.4) is 0 Å². The molecule has 0 N–H and O–H groups in total. The minimum Gasteiger partial charge on any atom is -0.464 e. The molecule has 0 bridgehead atoms. The molecule has 0 radical (unpaired) electrons. The summed E-state index contributed by atoms with van der Waals surface area (Å²) in [7, 11) is 0. The molecule has 5 heteroatoms. The predicted octanol–water partition coefficient (Wildman–Crippen LogP) is 5.84. The van der Waals surface area contributed by atoms with Gasteiger partial charge in [-0.15, -0.1) is 0 Å². The number of unbranched alkanes of at least 4 members (excludes halogenated alkanes) is 5. The van der Waals surface area contributed by atoms with Crippen molar-refractivity contribution in [1.29, 1.82) is 0 Å². The molecule has 0 heterocycles. The van der Waals surface area contributed by atoms with Crippen molar-refractivity contribution in [3.8, 4) is 0 Å². The van der Waals surface area contributed by atoms with Gasteiger partial charge in [0, 0.05) is 17.6 Å². The van der Waals surface area contributed by atoms with Crippen LogP contribution in [0.5, 0.6) is 0 Å². The molecule has 0 aromatic carbocycles. The van der Waals surface area contributed by atoms with Gasteiger partial charge in [0.2, 0.25) is 6.43 Å². The fourth-order valence-electron chi connectivity index (χ4n) is 1.99. The standard InChI is InChI=1S/C17H32F2O2S/c1-4-5-8-12-16(20)21-14-17(2,3)22-13-10-7-6-9-11-15(18)19/h15H,4-14H2,1-3H3. The van der Waals surface area contributed by atoms with Crippen LogP contribution in [0.2, 0.25) is 0 Å². The normalized spacial score (nSPS) is 11.9. The minimum absolute atomic E-state index is 0.0205. The smallest absolute Gasteiger partial charge is 0.305 e. The van der Waals surface area contributed by atoms with Gasteiger partial charge in [0.25, 0.3) is 0 Å². The molecule has 0 atom stereocenters. The summed E-state index contributed by atoms with van der Waals surface area (Å²) in [5, 5.41) is 0. The van der Waals surface area contributed by atoms with E-state index in [0.29, 0.717) is 19.4 Å². The quantitative estimate of drug-likeness (QED) is 0.294. The average Bonchev–Trinajstić information content (AvgIpc) is 2.44. The Morgan fingerprint density at radius 2 is 1.77 bits per heavy atom. The third-order valence-corrected chi connectivity index (χ3v) is 4.77. The van der Waals surface area contributed by atoms with Gasteiger partial charge in [0.05, 0.1) is 0 Å². The summed E-state index contributed by atoms with van der Waals surface area (Å²) in [6.07, 6.45) is 4.95. The monoisotopic (exact) mass is 338 g/mol. The number of carbonyl (C=O) groups is 1. The third-order valence-electron chi connectivity index (χ3n) is 3.37. The van der Waals surface area contributed by atoms with E-state index in [0.717, 1.165) is 44.3 Å². The molecule has 0 fully saturated rings. The fraction of sp³-hybridized carbons (Fsp3) is 0.941. The molecule has 0 amide bonds. The van der Waals surface area contributed by atoms with Gasteiger partial charge in [-0.2, -0.15) is 11.8 Å². The Hall–Kier alpha value is -0.320. The number of thioether (sulfide) groups is 1. The predicted molar refractivity (Wildman–Crippen MR) is 90.7 cm³/mol. The summed E-state index contributed by atoms with van der Waals surface area (Å²) in [6.45, 7) is 6.70. The van der Waals surface area contributed by atoms with E-state index in [-0.39, 0.29) is 17.1 Å². The average molecular weight is 339 g/mol. The van der Waals surface area contributed by atoms with E-state index in [9.17, 15) is 13.6 Å². The van der Waals surface area contributed by atoms with E-state index in [1.54, 1.807) is 11.8 Å². The number of hydrogen-bond donors (Lipinski definition) is 0. The van der Waals surface area contributed by atoms with E-state index in [2.05, 4.69) is 20.8 Å². The van der Waals surface area contributed by atoms with Crippen molar-refractivity contribution < 1.29 is 18.3 Å². The second-order valence-corrected chi connectivity index (χ2v) is 8.12. The maximum atomic E-state index is 12.0. The topological polar surface area (TPSA) is 26.3 Å². The van der Waals surface area contributed by atoms with Crippen LogP contribution in [0.4, 0.5) is 8.78 Å². The van der Waals surface area contributed by atoms with Crippen LogP contribution < -0.4 is 0 Å². The number of hydrogen-bond acceptors (Lipinski definition) is 3. The zero-order chi connectivity index (χ0) is 16.8. The first-order valence-corrected chi connectivity index (χ1v) is 9.43. The Balaban J connectivity index is 3.58. The van der Waals surface area contributed by atoms with E-state index in [1.807, 2.05) is 0 Å². The maximum Gasteiger partial charge on any atom is 0.305 e. The molecule has 0 aliphatic rings. The molecule has 0 rings (SSSR count). The first-order valence-electron chi connectivity index (χ1n) is 8.45. The molecule has 2 nitrogen and oxygen atoms in total. The Labute approximate surface area is 138 Å². The fourth-order valence-corrected chi connectivity index (χ4v) is 3.03. The Bertz CT molecular complexity index is 284. The van der Waals surface area contributed by atoms with Crippen LogP contribution in [0, 0.1) is 0 Å². The van der Waals surface area contributed by atoms with Crippen LogP contribution in [0.15, 0.2) is 0 Å². The van der Waals surface area contributed by atoms with Crippen molar-refractivity contribution in [2.75, 3.05) is 12.4 Å². The van der Waals surface area contributed by atoms with Gasteiger partial charge in [-0.3, -0.25) is 4.79 Å². The molecule has 0 saturated carbocycles. The van der Waals surface area contributed by atoms with Crippen molar-refractivity contribution in [1.82, 2.24) is 0 Å². The third kappa shape index (κ3) is 14.6. The number of rotatable bonds is 14. The summed E-state index contributed by atoms with van der Waals surface area (Å²) in [5.41, 5.74) is 0. The summed E-state index contributed by atoms with van der Waals surface area (Å²) < 4.78 is 29.2. The minimum atomic E-state index is -2.17. The molecule has 0 aromatic heterocycles. The van der Waals surface area contributed by atoms with Gasteiger partial charge in [-0.05, 0) is 38.9 Å².